The van der Waals surface area contributed by atoms with Crippen molar-refractivity contribution < 1.29 is 19.1 Å². The molecular weight excluding hydrogens is 426 g/mol. The van der Waals surface area contributed by atoms with Crippen LogP contribution in [0.25, 0.3) is 0 Å². The van der Waals surface area contributed by atoms with E-state index in [1.54, 1.807) is 24.0 Å². The minimum atomic E-state index is -0.497. The molecule has 2 aromatic rings. The highest BCUT2D eigenvalue weighted by Crippen LogP contribution is 2.23. The maximum absolute atomic E-state index is 13.3. The summed E-state index contributed by atoms with van der Waals surface area (Å²) in [5.41, 5.74) is 2.52. The molecule has 2 amide bonds. The molecule has 2 heterocycles. The molecule has 1 aliphatic rings. The second-order valence-electron chi connectivity index (χ2n) is 8.21. The van der Waals surface area contributed by atoms with E-state index < -0.39 is 6.04 Å². The van der Waals surface area contributed by atoms with Gasteiger partial charge in [0.2, 0.25) is 5.91 Å². The number of amides is 2. The maximum Gasteiger partial charge on any atom is 0.309 e. The number of thiazole rings is 1. The molecule has 1 aliphatic heterocycles. The van der Waals surface area contributed by atoms with Gasteiger partial charge in [0.1, 0.15) is 6.04 Å². The monoisotopic (exact) mass is 457 g/mol. The predicted octanol–water partition coefficient (Wildman–Crippen LogP) is 3.58. The standard InChI is InChI=1S/C24H31N3O4S/c1-6-31-23(30)20-11-13-26(14-12-20)22(29)17(4)27-16(3)18(5)32-24(27)25-21(28)19-9-7-15(2)8-10-19/h7-10,17,20H,6,11-14H2,1-5H3/t17-/m1/s1. The zero-order chi connectivity index (χ0) is 23.4. The molecule has 1 saturated heterocycles. The number of piperidine rings is 1. The largest absolute Gasteiger partial charge is 0.466 e. The van der Waals surface area contributed by atoms with Crippen LogP contribution in [-0.2, 0) is 14.3 Å². The number of carbonyl (C=O) groups excluding carboxylic acids is 3. The highest BCUT2D eigenvalue weighted by Gasteiger charge is 2.31. The maximum atomic E-state index is 13.3. The second-order valence-corrected chi connectivity index (χ2v) is 9.39. The van der Waals surface area contributed by atoms with E-state index >= 15 is 0 Å². The summed E-state index contributed by atoms with van der Waals surface area (Å²) in [4.78, 5) is 45.7. The van der Waals surface area contributed by atoms with Crippen LogP contribution in [0.2, 0.25) is 0 Å². The summed E-state index contributed by atoms with van der Waals surface area (Å²) in [6, 6.07) is 6.80. The Kier molecular flexibility index (Phi) is 7.66. The van der Waals surface area contributed by atoms with Crippen LogP contribution in [0.15, 0.2) is 29.3 Å². The summed E-state index contributed by atoms with van der Waals surface area (Å²) in [5, 5.41) is 0. The molecule has 1 aromatic carbocycles. The third kappa shape index (κ3) is 5.18. The van der Waals surface area contributed by atoms with Crippen molar-refractivity contribution in [1.29, 1.82) is 0 Å². The van der Waals surface area contributed by atoms with Gasteiger partial charge in [-0.15, -0.1) is 11.3 Å². The van der Waals surface area contributed by atoms with Gasteiger partial charge in [-0.05, 0) is 59.6 Å². The van der Waals surface area contributed by atoms with Gasteiger partial charge in [0.05, 0.1) is 12.5 Å². The normalized spacial score (nSPS) is 16.2. The minimum absolute atomic E-state index is 0.0301. The minimum Gasteiger partial charge on any atom is -0.466 e. The van der Waals surface area contributed by atoms with Crippen molar-refractivity contribution in [3.05, 3.63) is 50.8 Å². The number of benzene rings is 1. The number of esters is 1. The molecular formula is C24H31N3O4S. The van der Waals surface area contributed by atoms with Crippen molar-refractivity contribution in [2.24, 2.45) is 10.9 Å². The van der Waals surface area contributed by atoms with Gasteiger partial charge in [-0.3, -0.25) is 14.4 Å². The molecule has 32 heavy (non-hydrogen) atoms. The zero-order valence-corrected chi connectivity index (χ0v) is 20.2. The lowest BCUT2D eigenvalue weighted by molar-refractivity contribution is -0.151. The van der Waals surface area contributed by atoms with Gasteiger partial charge in [-0.25, -0.2) is 0 Å². The number of aromatic nitrogens is 1. The highest BCUT2D eigenvalue weighted by molar-refractivity contribution is 7.09. The fraction of sp³-hybridized carbons (Fsp3) is 0.500. The number of rotatable bonds is 5. The summed E-state index contributed by atoms with van der Waals surface area (Å²) >= 11 is 1.41. The van der Waals surface area contributed by atoms with Crippen LogP contribution in [0.3, 0.4) is 0 Å². The van der Waals surface area contributed by atoms with Gasteiger partial charge >= 0.3 is 5.97 Å². The van der Waals surface area contributed by atoms with E-state index in [1.807, 2.05) is 44.4 Å². The fourth-order valence-electron chi connectivity index (χ4n) is 3.92. The van der Waals surface area contributed by atoms with E-state index in [2.05, 4.69) is 4.99 Å². The number of aryl methyl sites for hydroxylation is 2. The zero-order valence-electron chi connectivity index (χ0n) is 19.4. The first kappa shape index (κ1) is 23.9. The van der Waals surface area contributed by atoms with Crippen molar-refractivity contribution in [3.63, 3.8) is 0 Å². The summed E-state index contributed by atoms with van der Waals surface area (Å²) in [7, 11) is 0. The smallest absolute Gasteiger partial charge is 0.309 e. The third-order valence-corrected chi connectivity index (χ3v) is 7.06. The fourth-order valence-corrected chi connectivity index (χ4v) is 4.97. The molecule has 0 aliphatic carbocycles. The van der Waals surface area contributed by atoms with Gasteiger partial charge in [-0.1, -0.05) is 17.7 Å². The average molecular weight is 458 g/mol. The van der Waals surface area contributed by atoms with Crippen LogP contribution in [0.1, 0.15) is 59.2 Å². The molecule has 8 heteroatoms. The summed E-state index contributed by atoms with van der Waals surface area (Å²) in [6.45, 7) is 10.9. The Hall–Kier alpha value is -2.74. The van der Waals surface area contributed by atoms with Gasteiger partial charge in [0.25, 0.3) is 5.91 Å². The summed E-state index contributed by atoms with van der Waals surface area (Å²) < 4.78 is 6.97. The van der Waals surface area contributed by atoms with Crippen molar-refractivity contribution in [2.75, 3.05) is 19.7 Å². The molecule has 1 aromatic heterocycles. The van der Waals surface area contributed by atoms with Crippen LogP contribution in [0, 0.1) is 26.7 Å². The van der Waals surface area contributed by atoms with E-state index in [4.69, 9.17) is 4.74 Å². The SMILES string of the molecule is CCOC(=O)C1CCN(C(=O)[C@@H](C)n2c(C)c(C)sc2=NC(=O)c2ccc(C)cc2)CC1. The van der Waals surface area contributed by atoms with Crippen LogP contribution < -0.4 is 4.80 Å². The van der Waals surface area contributed by atoms with E-state index in [0.29, 0.717) is 42.9 Å². The molecule has 1 atom stereocenters. The highest BCUT2D eigenvalue weighted by atomic mass is 32.1. The summed E-state index contributed by atoms with van der Waals surface area (Å²) in [6.07, 6.45) is 1.21. The molecule has 0 spiro atoms. The van der Waals surface area contributed by atoms with Crippen molar-refractivity contribution in [3.8, 4) is 0 Å². The lowest BCUT2D eigenvalue weighted by atomic mass is 9.96. The predicted molar refractivity (Wildman–Crippen MR) is 124 cm³/mol. The Morgan fingerprint density at radius 1 is 1.12 bits per heavy atom. The Labute approximate surface area is 192 Å². The van der Waals surface area contributed by atoms with E-state index in [1.165, 1.54) is 11.3 Å². The van der Waals surface area contributed by atoms with Crippen LogP contribution in [0.5, 0.6) is 0 Å². The molecule has 3 rings (SSSR count). The van der Waals surface area contributed by atoms with E-state index in [-0.39, 0.29) is 23.7 Å². The van der Waals surface area contributed by atoms with Gasteiger partial charge < -0.3 is 14.2 Å². The van der Waals surface area contributed by atoms with Gasteiger partial charge in [-0.2, -0.15) is 4.99 Å². The number of carbonyl (C=O) groups is 3. The topological polar surface area (TPSA) is 81.0 Å². The third-order valence-electron chi connectivity index (χ3n) is 5.99. The average Bonchev–Trinajstić information content (AvgIpc) is 3.06. The molecule has 172 valence electrons. The molecule has 7 nitrogen and oxygen atoms in total. The van der Waals surface area contributed by atoms with Gasteiger partial charge in [0, 0.05) is 29.2 Å². The van der Waals surface area contributed by atoms with E-state index in [9.17, 15) is 14.4 Å². The molecule has 0 radical (unpaired) electrons. The lowest BCUT2D eigenvalue weighted by Gasteiger charge is -2.33. The van der Waals surface area contributed by atoms with Crippen molar-refractivity contribution in [2.45, 2.75) is 53.5 Å². The molecule has 0 bridgehead atoms. The molecule has 0 saturated carbocycles. The number of hydrogen-bond donors (Lipinski definition) is 0. The van der Waals surface area contributed by atoms with Gasteiger partial charge in [0.15, 0.2) is 4.80 Å². The van der Waals surface area contributed by atoms with Crippen LogP contribution in [0.4, 0.5) is 0 Å². The molecule has 0 unspecified atom stereocenters. The number of hydrogen-bond acceptors (Lipinski definition) is 5. The summed E-state index contributed by atoms with van der Waals surface area (Å²) in [5.74, 6) is -0.681. The first-order valence-electron chi connectivity index (χ1n) is 11.0. The van der Waals surface area contributed by atoms with Crippen LogP contribution >= 0.6 is 11.3 Å². The molecule has 0 N–H and O–H groups in total. The van der Waals surface area contributed by atoms with Crippen LogP contribution in [-0.4, -0.2) is 46.9 Å². The van der Waals surface area contributed by atoms with E-state index in [0.717, 1.165) is 16.1 Å². The number of ether oxygens (including phenoxy) is 1. The number of likely N-dealkylation sites (tertiary alicyclic amines) is 1. The quantitative estimate of drug-likeness (QED) is 0.643. The Balaban J connectivity index is 1.80. The number of nitrogens with zero attached hydrogens (tertiary/aromatic N) is 3. The Morgan fingerprint density at radius 2 is 1.75 bits per heavy atom. The first-order valence-corrected chi connectivity index (χ1v) is 11.8. The lowest BCUT2D eigenvalue weighted by Crippen LogP contribution is -2.44. The van der Waals surface area contributed by atoms with Crippen molar-refractivity contribution >= 4 is 29.1 Å². The Morgan fingerprint density at radius 3 is 2.34 bits per heavy atom. The second kappa shape index (κ2) is 10.3. The first-order chi connectivity index (χ1) is 15.2. The van der Waals surface area contributed by atoms with Crippen molar-refractivity contribution in [1.82, 2.24) is 9.47 Å². The molecule has 1 fully saturated rings. The Bertz CT molecular complexity index is 1060.